The van der Waals surface area contributed by atoms with E-state index < -0.39 is 0 Å². The Morgan fingerprint density at radius 1 is 1.25 bits per heavy atom. The molecular weight excluding hydrogens is 280 g/mol. The van der Waals surface area contributed by atoms with Crippen LogP contribution in [-0.2, 0) is 4.79 Å². The fourth-order valence-corrected chi connectivity index (χ4v) is 2.20. The van der Waals surface area contributed by atoms with Crippen LogP contribution in [0.15, 0.2) is 12.1 Å². The minimum absolute atomic E-state index is 0.0905. The molecule has 0 radical (unpaired) electrons. The zero-order valence-corrected chi connectivity index (χ0v) is 12.5. The van der Waals surface area contributed by atoms with Crippen LogP contribution in [-0.4, -0.2) is 43.7 Å². The van der Waals surface area contributed by atoms with E-state index in [4.69, 9.17) is 21.1 Å². The number of hydrogen-bond donors (Lipinski definition) is 1. The van der Waals surface area contributed by atoms with Crippen LogP contribution in [0, 0.1) is 0 Å². The van der Waals surface area contributed by atoms with Crippen molar-refractivity contribution in [3.8, 4) is 11.5 Å². The van der Waals surface area contributed by atoms with Crippen LogP contribution in [0.25, 0.3) is 0 Å². The summed E-state index contributed by atoms with van der Waals surface area (Å²) in [6.45, 7) is 7.06. The number of nitrogens with one attached hydrogen (secondary N) is 1. The molecule has 110 valence electrons. The van der Waals surface area contributed by atoms with Gasteiger partial charge in [-0.1, -0.05) is 25.4 Å². The molecule has 20 heavy (non-hydrogen) atoms. The lowest BCUT2D eigenvalue weighted by atomic mass is 10.2. The summed E-state index contributed by atoms with van der Waals surface area (Å²) in [6.07, 6.45) is 0. The SMILES string of the molecule is CCN(CC)CC(=O)Nc1cc2c(cc1Cl)OCCO2. The smallest absolute Gasteiger partial charge is 0.238 e. The maximum atomic E-state index is 12.0. The second-order valence-corrected chi connectivity index (χ2v) is 4.89. The van der Waals surface area contributed by atoms with E-state index in [9.17, 15) is 4.79 Å². The molecule has 0 spiro atoms. The third kappa shape index (κ3) is 3.55. The van der Waals surface area contributed by atoms with Gasteiger partial charge in [0, 0.05) is 12.1 Å². The number of fused-ring (bicyclic) bond motifs is 1. The zero-order chi connectivity index (χ0) is 14.5. The average molecular weight is 299 g/mol. The highest BCUT2D eigenvalue weighted by atomic mass is 35.5. The van der Waals surface area contributed by atoms with Crippen LogP contribution in [0.1, 0.15) is 13.8 Å². The Morgan fingerprint density at radius 2 is 1.85 bits per heavy atom. The van der Waals surface area contributed by atoms with E-state index in [2.05, 4.69) is 5.32 Å². The van der Waals surface area contributed by atoms with Crippen molar-refractivity contribution in [2.75, 3.05) is 38.2 Å². The highest BCUT2D eigenvalue weighted by molar-refractivity contribution is 6.34. The summed E-state index contributed by atoms with van der Waals surface area (Å²) in [6, 6.07) is 3.38. The lowest BCUT2D eigenvalue weighted by Crippen LogP contribution is -2.33. The number of ether oxygens (including phenoxy) is 2. The third-order valence-electron chi connectivity index (χ3n) is 3.17. The predicted octanol–water partition coefficient (Wildman–Crippen LogP) is 2.39. The summed E-state index contributed by atoms with van der Waals surface area (Å²) in [7, 11) is 0. The lowest BCUT2D eigenvalue weighted by molar-refractivity contribution is -0.117. The molecule has 1 heterocycles. The highest BCUT2D eigenvalue weighted by Crippen LogP contribution is 2.37. The number of nitrogens with zero attached hydrogens (tertiary/aromatic N) is 1. The molecule has 0 aliphatic carbocycles. The highest BCUT2D eigenvalue weighted by Gasteiger charge is 2.16. The normalized spacial score (nSPS) is 13.4. The molecule has 1 aliphatic heterocycles. The van der Waals surface area contributed by atoms with Gasteiger partial charge in [0.2, 0.25) is 5.91 Å². The van der Waals surface area contributed by atoms with Crippen molar-refractivity contribution in [2.45, 2.75) is 13.8 Å². The van der Waals surface area contributed by atoms with Crippen LogP contribution < -0.4 is 14.8 Å². The molecular formula is C14H19ClN2O3. The van der Waals surface area contributed by atoms with Crippen LogP contribution in [0.5, 0.6) is 11.5 Å². The topological polar surface area (TPSA) is 50.8 Å². The van der Waals surface area contributed by atoms with Crippen molar-refractivity contribution in [2.24, 2.45) is 0 Å². The van der Waals surface area contributed by atoms with Crippen LogP contribution >= 0.6 is 11.6 Å². The Balaban J connectivity index is 2.07. The first-order valence-electron chi connectivity index (χ1n) is 6.75. The van der Waals surface area contributed by atoms with E-state index in [1.54, 1.807) is 12.1 Å². The monoisotopic (exact) mass is 298 g/mol. The molecule has 1 N–H and O–H groups in total. The number of anilines is 1. The van der Waals surface area contributed by atoms with Gasteiger partial charge in [0.05, 0.1) is 17.3 Å². The fourth-order valence-electron chi connectivity index (χ4n) is 2.00. The molecule has 0 saturated heterocycles. The predicted molar refractivity (Wildman–Crippen MR) is 78.9 cm³/mol. The molecule has 5 nitrogen and oxygen atoms in total. The van der Waals surface area contributed by atoms with Gasteiger partial charge in [-0.2, -0.15) is 0 Å². The zero-order valence-electron chi connectivity index (χ0n) is 11.7. The number of hydrogen-bond acceptors (Lipinski definition) is 4. The van der Waals surface area contributed by atoms with Crippen molar-refractivity contribution >= 4 is 23.2 Å². The van der Waals surface area contributed by atoms with Crippen molar-refractivity contribution in [1.82, 2.24) is 4.90 Å². The maximum Gasteiger partial charge on any atom is 0.238 e. The summed E-state index contributed by atoms with van der Waals surface area (Å²) in [5, 5.41) is 3.26. The standard InChI is InChI=1S/C14H19ClN2O3/c1-3-17(4-2)9-14(18)16-11-8-13-12(7-10(11)15)19-5-6-20-13/h7-8H,3-6,9H2,1-2H3,(H,16,18). The van der Waals surface area contributed by atoms with Gasteiger partial charge in [0.15, 0.2) is 11.5 Å². The van der Waals surface area contributed by atoms with Gasteiger partial charge >= 0.3 is 0 Å². The van der Waals surface area contributed by atoms with E-state index in [-0.39, 0.29) is 5.91 Å². The Kier molecular flexibility index (Phi) is 5.09. The maximum absolute atomic E-state index is 12.0. The number of benzene rings is 1. The number of rotatable bonds is 5. The van der Waals surface area contributed by atoms with Crippen molar-refractivity contribution in [3.05, 3.63) is 17.2 Å². The molecule has 1 aromatic carbocycles. The van der Waals surface area contributed by atoms with E-state index in [1.165, 1.54) is 0 Å². The summed E-state index contributed by atoms with van der Waals surface area (Å²) in [5.74, 6) is 1.13. The average Bonchev–Trinajstić information content (AvgIpc) is 2.45. The fraction of sp³-hybridized carbons (Fsp3) is 0.500. The van der Waals surface area contributed by atoms with Crippen molar-refractivity contribution in [3.63, 3.8) is 0 Å². The van der Waals surface area contributed by atoms with E-state index in [1.807, 2.05) is 18.7 Å². The molecule has 2 rings (SSSR count). The third-order valence-corrected chi connectivity index (χ3v) is 3.48. The van der Waals surface area contributed by atoms with E-state index >= 15 is 0 Å². The molecule has 0 atom stereocenters. The second kappa shape index (κ2) is 6.81. The summed E-state index contributed by atoms with van der Waals surface area (Å²) in [5.41, 5.74) is 0.549. The van der Waals surface area contributed by atoms with Gasteiger partial charge in [-0.3, -0.25) is 9.69 Å². The van der Waals surface area contributed by atoms with Crippen molar-refractivity contribution in [1.29, 1.82) is 0 Å². The number of carbonyl (C=O) groups excluding carboxylic acids is 1. The Bertz CT molecular complexity index is 490. The second-order valence-electron chi connectivity index (χ2n) is 4.49. The van der Waals surface area contributed by atoms with Crippen LogP contribution in [0.3, 0.4) is 0 Å². The van der Waals surface area contributed by atoms with Crippen LogP contribution in [0.4, 0.5) is 5.69 Å². The largest absolute Gasteiger partial charge is 0.486 e. The first kappa shape index (κ1) is 14.9. The molecule has 0 bridgehead atoms. The summed E-state index contributed by atoms with van der Waals surface area (Å²) < 4.78 is 10.9. The van der Waals surface area contributed by atoms with Gasteiger partial charge in [-0.25, -0.2) is 0 Å². The minimum atomic E-state index is -0.0905. The molecule has 0 fully saturated rings. The van der Waals surface area contributed by atoms with Gasteiger partial charge in [0.1, 0.15) is 13.2 Å². The summed E-state index contributed by atoms with van der Waals surface area (Å²) >= 11 is 6.15. The molecule has 1 aliphatic rings. The minimum Gasteiger partial charge on any atom is -0.486 e. The molecule has 0 saturated carbocycles. The Labute approximate surface area is 123 Å². The van der Waals surface area contributed by atoms with Crippen LogP contribution in [0.2, 0.25) is 5.02 Å². The molecule has 1 amide bonds. The number of likely N-dealkylation sites (N-methyl/N-ethyl adjacent to an activating group) is 1. The molecule has 1 aromatic rings. The molecule has 0 aromatic heterocycles. The number of halogens is 1. The van der Waals surface area contributed by atoms with Gasteiger partial charge in [0.25, 0.3) is 0 Å². The Morgan fingerprint density at radius 3 is 2.45 bits per heavy atom. The van der Waals surface area contributed by atoms with E-state index in [0.717, 1.165) is 13.1 Å². The lowest BCUT2D eigenvalue weighted by Gasteiger charge is -2.21. The summed E-state index contributed by atoms with van der Waals surface area (Å²) in [4.78, 5) is 14.0. The first-order chi connectivity index (χ1) is 9.63. The van der Waals surface area contributed by atoms with Gasteiger partial charge in [-0.15, -0.1) is 0 Å². The molecule has 0 unspecified atom stereocenters. The number of carbonyl (C=O) groups is 1. The van der Waals surface area contributed by atoms with E-state index in [0.29, 0.717) is 42.0 Å². The van der Waals surface area contributed by atoms with Gasteiger partial charge in [-0.05, 0) is 13.1 Å². The molecule has 6 heteroatoms. The van der Waals surface area contributed by atoms with Gasteiger partial charge < -0.3 is 14.8 Å². The quantitative estimate of drug-likeness (QED) is 0.907. The number of amides is 1. The van der Waals surface area contributed by atoms with Crippen molar-refractivity contribution < 1.29 is 14.3 Å². The Hall–Kier alpha value is -1.46. The first-order valence-corrected chi connectivity index (χ1v) is 7.13.